The molecule has 0 unspecified atom stereocenters. The normalized spacial score (nSPS) is 10.9. The SMILES string of the molecule is CN(CC(=O)NC(C)(C)C)C(=O)c1ccc(Oc2ccccc2)cc1. The van der Waals surface area contributed by atoms with Crippen LogP contribution in [0.15, 0.2) is 54.6 Å². The van der Waals surface area contributed by atoms with Crippen LogP contribution in [-0.4, -0.2) is 35.8 Å². The molecule has 25 heavy (non-hydrogen) atoms. The summed E-state index contributed by atoms with van der Waals surface area (Å²) in [7, 11) is 1.61. The summed E-state index contributed by atoms with van der Waals surface area (Å²) in [5.74, 6) is 0.983. The molecule has 0 fully saturated rings. The molecule has 2 amide bonds. The van der Waals surface area contributed by atoms with Gasteiger partial charge in [0.05, 0.1) is 6.54 Å². The fraction of sp³-hybridized carbons (Fsp3) is 0.300. The first kappa shape index (κ1) is 18.5. The molecule has 1 N–H and O–H groups in total. The minimum absolute atomic E-state index is 0.0123. The predicted molar refractivity (Wildman–Crippen MR) is 97.8 cm³/mol. The summed E-state index contributed by atoms with van der Waals surface area (Å²) in [5.41, 5.74) is 0.184. The van der Waals surface area contributed by atoms with Crippen LogP contribution in [-0.2, 0) is 4.79 Å². The summed E-state index contributed by atoms with van der Waals surface area (Å²) in [6, 6.07) is 16.3. The van der Waals surface area contributed by atoms with Crippen molar-refractivity contribution in [3.8, 4) is 11.5 Å². The molecule has 0 atom stereocenters. The van der Waals surface area contributed by atoms with Gasteiger partial charge in [0, 0.05) is 18.2 Å². The topological polar surface area (TPSA) is 58.6 Å². The predicted octanol–water partition coefficient (Wildman–Crippen LogP) is 3.47. The van der Waals surface area contributed by atoms with Crippen molar-refractivity contribution in [3.05, 3.63) is 60.2 Å². The Hall–Kier alpha value is -2.82. The fourth-order valence-electron chi connectivity index (χ4n) is 2.26. The highest BCUT2D eigenvalue weighted by Crippen LogP contribution is 2.21. The Morgan fingerprint density at radius 3 is 2.08 bits per heavy atom. The Kier molecular flexibility index (Phi) is 5.80. The highest BCUT2D eigenvalue weighted by atomic mass is 16.5. The summed E-state index contributed by atoms with van der Waals surface area (Å²) in [5, 5.41) is 2.84. The van der Waals surface area contributed by atoms with E-state index in [9.17, 15) is 9.59 Å². The lowest BCUT2D eigenvalue weighted by atomic mass is 10.1. The average Bonchev–Trinajstić information content (AvgIpc) is 2.54. The number of nitrogens with one attached hydrogen (secondary N) is 1. The number of hydrogen-bond acceptors (Lipinski definition) is 3. The molecule has 0 bridgehead atoms. The molecule has 0 radical (unpaired) electrons. The Morgan fingerprint density at radius 2 is 1.52 bits per heavy atom. The van der Waals surface area contributed by atoms with Gasteiger partial charge in [-0.15, -0.1) is 0 Å². The lowest BCUT2D eigenvalue weighted by Gasteiger charge is -2.23. The second-order valence-corrected chi connectivity index (χ2v) is 6.90. The van der Waals surface area contributed by atoms with Gasteiger partial charge >= 0.3 is 0 Å². The number of amides is 2. The van der Waals surface area contributed by atoms with E-state index in [0.29, 0.717) is 11.3 Å². The van der Waals surface area contributed by atoms with Crippen LogP contribution in [0.1, 0.15) is 31.1 Å². The molecule has 0 spiro atoms. The summed E-state index contributed by atoms with van der Waals surface area (Å²) < 4.78 is 5.70. The maximum Gasteiger partial charge on any atom is 0.254 e. The monoisotopic (exact) mass is 340 g/mol. The minimum Gasteiger partial charge on any atom is -0.457 e. The molecule has 132 valence electrons. The molecule has 0 heterocycles. The van der Waals surface area contributed by atoms with Crippen LogP contribution < -0.4 is 10.1 Å². The number of rotatable bonds is 5. The quantitative estimate of drug-likeness (QED) is 0.907. The molecule has 0 aliphatic rings. The molecule has 2 rings (SSSR count). The van der Waals surface area contributed by atoms with Crippen molar-refractivity contribution in [2.75, 3.05) is 13.6 Å². The van der Waals surface area contributed by atoms with Crippen molar-refractivity contribution in [1.82, 2.24) is 10.2 Å². The van der Waals surface area contributed by atoms with Crippen molar-refractivity contribution in [2.45, 2.75) is 26.3 Å². The van der Waals surface area contributed by atoms with E-state index < -0.39 is 0 Å². The fourth-order valence-corrected chi connectivity index (χ4v) is 2.26. The third-order valence-electron chi connectivity index (χ3n) is 3.32. The lowest BCUT2D eigenvalue weighted by molar-refractivity contribution is -0.122. The molecular formula is C20H24N2O3. The van der Waals surface area contributed by atoms with Crippen molar-refractivity contribution in [2.24, 2.45) is 0 Å². The van der Waals surface area contributed by atoms with E-state index in [1.165, 1.54) is 4.90 Å². The Morgan fingerprint density at radius 1 is 0.960 bits per heavy atom. The number of para-hydroxylation sites is 1. The first-order chi connectivity index (χ1) is 11.7. The Bertz CT molecular complexity index is 719. The highest BCUT2D eigenvalue weighted by molar-refractivity contribution is 5.96. The zero-order valence-electron chi connectivity index (χ0n) is 15.1. The van der Waals surface area contributed by atoms with E-state index in [-0.39, 0.29) is 23.9 Å². The smallest absolute Gasteiger partial charge is 0.254 e. The van der Waals surface area contributed by atoms with Crippen LogP contribution in [0.4, 0.5) is 0 Å². The molecule has 5 heteroatoms. The first-order valence-corrected chi connectivity index (χ1v) is 8.14. The summed E-state index contributed by atoms with van der Waals surface area (Å²) in [4.78, 5) is 25.8. The van der Waals surface area contributed by atoms with Crippen LogP contribution in [0.3, 0.4) is 0 Å². The minimum atomic E-state index is -0.322. The molecule has 0 saturated carbocycles. The summed E-state index contributed by atoms with van der Waals surface area (Å²) in [6.07, 6.45) is 0. The second kappa shape index (κ2) is 7.83. The van der Waals surface area contributed by atoms with Gasteiger partial charge in [0.15, 0.2) is 0 Å². The second-order valence-electron chi connectivity index (χ2n) is 6.90. The Labute approximate surface area is 148 Å². The third-order valence-corrected chi connectivity index (χ3v) is 3.32. The van der Waals surface area contributed by atoms with Crippen molar-refractivity contribution < 1.29 is 14.3 Å². The van der Waals surface area contributed by atoms with Gasteiger partial charge in [-0.1, -0.05) is 18.2 Å². The van der Waals surface area contributed by atoms with E-state index >= 15 is 0 Å². The molecule has 2 aromatic rings. The number of benzene rings is 2. The van der Waals surface area contributed by atoms with Crippen molar-refractivity contribution in [1.29, 1.82) is 0 Å². The Balaban J connectivity index is 1.96. The van der Waals surface area contributed by atoms with Crippen molar-refractivity contribution in [3.63, 3.8) is 0 Å². The van der Waals surface area contributed by atoms with Gasteiger partial charge in [-0.25, -0.2) is 0 Å². The maximum atomic E-state index is 12.4. The zero-order valence-corrected chi connectivity index (χ0v) is 15.1. The highest BCUT2D eigenvalue weighted by Gasteiger charge is 2.18. The van der Waals surface area contributed by atoms with Crippen LogP contribution in [0.5, 0.6) is 11.5 Å². The molecule has 2 aromatic carbocycles. The van der Waals surface area contributed by atoms with Gasteiger partial charge in [-0.2, -0.15) is 0 Å². The van der Waals surface area contributed by atoms with E-state index in [1.807, 2.05) is 51.1 Å². The molecule has 0 aliphatic heterocycles. The number of nitrogens with zero attached hydrogens (tertiary/aromatic N) is 1. The van der Waals surface area contributed by atoms with E-state index in [4.69, 9.17) is 4.74 Å². The van der Waals surface area contributed by atoms with Gasteiger partial charge in [-0.3, -0.25) is 9.59 Å². The number of likely N-dealkylation sites (N-methyl/N-ethyl adjacent to an activating group) is 1. The van der Waals surface area contributed by atoms with Crippen LogP contribution in [0.25, 0.3) is 0 Å². The third kappa shape index (κ3) is 5.95. The molecule has 0 aliphatic carbocycles. The van der Waals surface area contributed by atoms with Gasteiger partial charge < -0.3 is 15.0 Å². The van der Waals surface area contributed by atoms with E-state index in [2.05, 4.69) is 5.32 Å². The molecule has 0 aromatic heterocycles. The number of carbonyl (C=O) groups excluding carboxylic acids is 2. The molecular weight excluding hydrogens is 316 g/mol. The van der Waals surface area contributed by atoms with Gasteiger partial charge in [0.2, 0.25) is 5.91 Å². The number of carbonyl (C=O) groups is 2. The summed E-state index contributed by atoms with van der Waals surface area (Å²) in [6.45, 7) is 5.72. The maximum absolute atomic E-state index is 12.4. The van der Waals surface area contributed by atoms with Gasteiger partial charge in [0.1, 0.15) is 11.5 Å². The van der Waals surface area contributed by atoms with E-state index in [0.717, 1.165) is 5.75 Å². The van der Waals surface area contributed by atoms with Gasteiger partial charge in [-0.05, 0) is 57.2 Å². The molecule has 5 nitrogen and oxygen atoms in total. The van der Waals surface area contributed by atoms with Crippen LogP contribution in [0.2, 0.25) is 0 Å². The standard InChI is InChI=1S/C20H24N2O3/c1-20(2,3)21-18(23)14-22(4)19(24)15-10-12-17(13-11-15)25-16-8-6-5-7-9-16/h5-13H,14H2,1-4H3,(H,21,23). The zero-order chi connectivity index (χ0) is 18.4. The van der Waals surface area contributed by atoms with Crippen LogP contribution >= 0.6 is 0 Å². The van der Waals surface area contributed by atoms with E-state index in [1.54, 1.807) is 31.3 Å². The lowest BCUT2D eigenvalue weighted by Crippen LogP contribution is -2.46. The number of ether oxygens (including phenoxy) is 1. The van der Waals surface area contributed by atoms with Gasteiger partial charge in [0.25, 0.3) is 5.91 Å². The van der Waals surface area contributed by atoms with Crippen molar-refractivity contribution >= 4 is 11.8 Å². The average molecular weight is 340 g/mol. The van der Waals surface area contributed by atoms with Crippen LogP contribution in [0, 0.1) is 0 Å². The first-order valence-electron chi connectivity index (χ1n) is 8.14. The summed E-state index contributed by atoms with van der Waals surface area (Å²) >= 11 is 0. The largest absolute Gasteiger partial charge is 0.457 e. The number of hydrogen-bond donors (Lipinski definition) is 1. The molecule has 0 saturated heterocycles.